The summed E-state index contributed by atoms with van der Waals surface area (Å²) in [4.78, 5) is 11.1. The maximum absolute atomic E-state index is 5.54. The molecule has 0 aliphatic heterocycles. The van der Waals surface area contributed by atoms with Gasteiger partial charge in [0, 0.05) is 25.2 Å². The average molecular weight is 301 g/mol. The van der Waals surface area contributed by atoms with Gasteiger partial charge in [0.25, 0.3) is 0 Å². The third kappa shape index (κ3) is 2.89. The van der Waals surface area contributed by atoms with E-state index in [1.54, 1.807) is 12.5 Å². The topological polar surface area (TPSA) is 55.0 Å². The fourth-order valence-corrected chi connectivity index (χ4v) is 2.14. The maximum atomic E-state index is 5.54. The monoisotopic (exact) mass is 300 g/mol. The minimum absolute atomic E-state index is 0.552. The molecule has 6 heteroatoms. The quantitative estimate of drug-likeness (QED) is 0.842. The predicted molar refractivity (Wildman–Crippen MR) is 71.5 cm³/mol. The summed E-state index contributed by atoms with van der Waals surface area (Å²) in [5, 5.41) is 0. The number of hydrogen-bond donors (Lipinski definition) is 1. The molecule has 4 nitrogen and oxygen atoms in total. The minimum atomic E-state index is 0.552. The summed E-state index contributed by atoms with van der Waals surface area (Å²) in [7, 11) is 0. The summed E-state index contributed by atoms with van der Waals surface area (Å²) in [5.74, 6) is 0.939. The fraction of sp³-hybridized carbons (Fsp3) is 0.500. The second-order valence-electron chi connectivity index (χ2n) is 3.84. The molecule has 0 bridgehead atoms. The maximum Gasteiger partial charge on any atom is 0.146 e. The Labute approximate surface area is 108 Å². The zero-order valence-electron chi connectivity index (χ0n) is 8.77. The average Bonchev–Trinajstić information content (AvgIpc) is 3.04. The Balaban J connectivity index is 2.12. The van der Waals surface area contributed by atoms with Crippen molar-refractivity contribution in [3.8, 4) is 0 Å². The molecule has 16 heavy (non-hydrogen) atoms. The zero-order chi connectivity index (χ0) is 11.5. The number of nitrogens with zero attached hydrogens (tertiary/aromatic N) is 3. The molecule has 1 aromatic heterocycles. The largest absolute Gasteiger partial charge is 0.393 e. The Bertz CT molecular complexity index is 394. The van der Waals surface area contributed by atoms with Crippen molar-refractivity contribution in [3.05, 3.63) is 17.0 Å². The molecule has 1 heterocycles. The Morgan fingerprint density at radius 2 is 2.38 bits per heavy atom. The van der Waals surface area contributed by atoms with Crippen molar-refractivity contribution in [2.45, 2.75) is 25.3 Å². The molecule has 0 spiro atoms. The highest BCUT2D eigenvalue weighted by molar-refractivity contribution is 9.10. The molecule has 1 fully saturated rings. The fourth-order valence-electron chi connectivity index (χ4n) is 1.60. The summed E-state index contributed by atoms with van der Waals surface area (Å²) in [5.41, 5.74) is 5.54. The summed E-state index contributed by atoms with van der Waals surface area (Å²) >= 11 is 8.38. The number of thiocarbonyl (C=S) groups is 1. The van der Waals surface area contributed by atoms with Crippen molar-refractivity contribution < 1.29 is 0 Å². The molecule has 0 unspecified atom stereocenters. The van der Waals surface area contributed by atoms with Crippen LogP contribution in [0, 0.1) is 0 Å². The standard InChI is InChI=1S/C10H13BrN4S/c11-8-5-13-6-14-10(8)15(7-1-2-7)4-3-9(12)16/h5-7H,1-4H2,(H2,12,16). The molecule has 2 rings (SSSR count). The van der Waals surface area contributed by atoms with Gasteiger partial charge in [0.05, 0.1) is 9.46 Å². The second-order valence-corrected chi connectivity index (χ2v) is 5.21. The summed E-state index contributed by atoms with van der Waals surface area (Å²) < 4.78 is 0.921. The molecule has 0 amide bonds. The number of aromatic nitrogens is 2. The summed E-state index contributed by atoms with van der Waals surface area (Å²) in [6.45, 7) is 0.829. The Morgan fingerprint density at radius 3 is 2.94 bits per heavy atom. The first kappa shape index (κ1) is 11.7. The summed E-state index contributed by atoms with van der Waals surface area (Å²) in [6.07, 6.45) is 6.48. The Kier molecular flexibility index (Phi) is 3.70. The van der Waals surface area contributed by atoms with Crippen LogP contribution in [0.4, 0.5) is 5.82 Å². The van der Waals surface area contributed by atoms with Crippen LogP contribution in [0.25, 0.3) is 0 Å². The van der Waals surface area contributed by atoms with E-state index in [1.165, 1.54) is 12.8 Å². The van der Waals surface area contributed by atoms with Gasteiger partial charge in [0.2, 0.25) is 0 Å². The van der Waals surface area contributed by atoms with Crippen LogP contribution in [0.5, 0.6) is 0 Å². The van der Waals surface area contributed by atoms with Gasteiger partial charge in [-0.05, 0) is 28.8 Å². The van der Waals surface area contributed by atoms with Crippen LogP contribution in [0.3, 0.4) is 0 Å². The van der Waals surface area contributed by atoms with Crippen molar-refractivity contribution >= 4 is 39.0 Å². The minimum Gasteiger partial charge on any atom is -0.393 e. The van der Waals surface area contributed by atoms with Crippen molar-refractivity contribution in [2.24, 2.45) is 5.73 Å². The molecule has 1 aliphatic rings. The van der Waals surface area contributed by atoms with E-state index in [-0.39, 0.29) is 0 Å². The van der Waals surface area contributed by atoms with E-state index in [0.29, 0.717) is 11.0 Å². The Morgan fingerprint density at radius 1 is 1.62 bits per heavy atom. The van der Waals surface area contributed by atoms with Crippen LogP contribution in [-0.4, -0.2) is 27.5 Å². The van der Waals surface area contributed by atoms with Gasteiger partial charge in [-0.1, -0.05) is 12.2 Å². The molecular formula is C10H13BrN4S. The molecule has 1 aliphatic carbocycles. The molecular weight excluding hydrogens is 288 g/mol. The van der Waals surface area contributed by atoms with E-state index in [4.69, 9.17) is 18.0 Å². The van der Waals surface area contributed by atoms with Crippen LogP contribution >= 0.6 is 28.1 Å². The molecule has 1 saturated carbocycles. The van der Waals surface area contributed by atoms with Gasteiger partial charge >= 0.3 is 0 Å². The highest BCUT2D eigenvalue weighted by Gasteiger charge is 2.30. The number of hydrogen-bond acceptors (Lipinski definition) is 4. The second kappa shape index (κ2) is 5.05. The number of rotatable bonds is 5. The molecule has 0 saturated heterocycles. The van der Waals surface area contributed by atoms with Crippen LogP contribution in [0.2, 0.25) is 0 Å². The molecule has 0 atom stereocenters. The predicted octanol–water partition coefficient (Wildman–Crippen LogP) is 1.88. The third-order valence-electron chi connectivity index (χ3n) is 2.51. The Hall–Kier alpha value is -0.750. The highest BCUT2D eigenvalue weighted by atomic mass is 79.9. The lowest BCUT2D eigenvalue weighted by atomic mass is 10.3. The van der Waals surface area contributed by atoms with Gasteiger partial charge < -0.3 is 10.6 Å². The van der Waals surface area contributed by atoms with Gasteiger partial charge in [-0.3, -0.25) is 0 Å². The van der Waals surface area contributed by atoms with Crippen LogP contribution in [0.1, 0.15) is 19.3 Å². The van der Waals surface area contributed by atoms with Crippen molar-refractivity contribution in [2.75, 3.05) is 11.4 Å². The van der Waals surface area contributed by atoms with Crippen molar-refractivity contribution in [3.63, 3.8) is 0 Å². The van der Waals surface area contributed by atoms with Crippen molar-refractivity contribution in [1.82, 2.24) is 9.97 Å². The van der Waals surface area contributed by atoms with Gasteiger partial charge in [-0.15, -0.1) is 0 Å². The van der Waals surface area contributed by atoms with E-state index in [9.17, 15) is 0 Å². The van der Waals surface area contributed by atoms with Crippen molar-refractivity contribution in [1.29, 1.82) is 0 Å². The van der Waals surface area contributed by atoms with Gasteiger partial charge in [0.1, 0.15) is 12.1 Å². The number of anilines is 1. The molecule has 1 aromatic rings. The zero-order valence-corrected chi connectivity index (χ0v) is 11.2. The van der Waals surface area contributed by atoms with E-state index in [1.807, 2.05) is 0 Å². The SMILES string of the molecule is NC(=S)CCN(c1ncncc1Br)C1CC1. The molecule has 0 aromatic carbocycles. The molecule has 2 N–H and O–H groups in total. The normalized spacial score (nSPS) is 14.8. The lowest BCUT2D eigenvalue weighted by Crippen LogP contribution is -2.30. The van der Waals surface area contributed by atoms with Gasteiger partial charge in [-0.2, -0.15) is 0 Å². The van der Waals surface area contributed by atoms with E-state index >= 15 is 0 Å². The highest BCUT2D eigenvalue weighted by Crippen LogP contribution is 2.33. The lowest BCUT2D eigenvalue weighted by Gasteiger charge is -2.23. The van der Waals surface area contributed by atoms with E-state index in [0.717, 1.165) is 23.3 Å². The summed E-state index contributed by atoms with van der Waals surface area (Å²) in [6, 6.07) is 0.584. The van der Waals surface area contributed by atoms with Crippen LogP contribution < -0.4 is 10.6 Å². The van der Waals surface area contributed by atoms with E-state index in [2.05, 4.69) is 30.8 Å². The first-order valence-electron chi connectivity index (χ1n) is 5.19. The first-order chi connectivity index (χ1) is 7.68. The van der Waals surface area contributed by atoms with Crippen LogP contribution in [-0.2, 0) is 0 Å². The molecule has 0 radical (unpaired) electrons. The number of halogens is 1. The van der Waals surface area contributed by atoms with Crippen LogP contribution in [0.15, 0.2) is 17.0 Å². The number of nitrogens with two attached hydrogens (primary N) is 1. The van der Waals surface area contributed by atoms with Gasteiger partial charge in [0.15, 0.2) is 0 Å². The third-order valence-corrected chi connectivity index (χ3v) is 3.27. The van der Waals surface area contributed by atoms with Gasteiger partial charge in [-0.25, -0.2) is 9.97 Å². The first-order valence-corrected chi connectivity index (χ1v) is 6.39. The smallest absolute Gasteiger partial charge is 0.146 e. The molecule has 86 valence electrons. The lowest BCUT2D eigenvalue weighted by molar-refractivity contribution is 0.780. The van der Waals surface area contributed by atoms with E-state index < -0.39 is 0 Å².